The molecule has 1 fully saturated rings. The maximum atomic E-state index is 11.1. The highest BCUT2D eigenvalue weighted by atomic mass is 16.3. The van der Waals surface area contributed by atoms with Gasteiger partial charge in [0.25, 0.3) is 0 Å². The van der Waals surface area contributed by atoms with E-state index in [1.807, 2.05) is 7.05 Å². The lowest BCUT2D eigenvalue weighted by Gasteiger charge is -2.40. The van der Waals surface area contributed by atoms with E-state index in [0.717, 1.165) is 19.6 Å². The highest BCUT2D eigenvalue weighted by Gasteiger charge is 2.30. The molecule has 5 nitrogen and oxygen atoms in total. The number of amides is 2. The van der Waals surface area contributed by atoms with Crippen molar-refractivity contribution in [2.45, 2.75) is 0 Å². The van der Waals surface area contributed by atoms with E-state index >= 15 is 0 Å². The summed E-state index contributed by atoms with van der Waals surface area (Å²) in [5.41, 5.74) is 0. The highest BCUT2D eigenvalue weighted by molar-refractivity contribution is 5.74. The molecule has 1 aliphatic rings. The van der Waals surface area contributed by atoms with Crippen molar-refractivity contribution < 1.29 is 9.90 Å². The van der Waals surface area contributed by atoms with Crippen LogP contribution >= 0.6 is 0 Å². The number of carbonyl (C=O) groups is 1. The standard InChI is InChI=1S/C9H19N3O2/c1-10-9(14)12-6-8(7-12)5-11(2)3-4-13/h8,13H,3-7H2,1-2H3,(H,10,14). The van der Waals surface area contributed by atoms with Gasteiger partial charge in [0.05, 0.1) is 6.61 Å². The number of likely N-dealkylation sites (N-methyl/N-ethyl adjacent to an activating group) is 1. The third-order valence-electron chi connectivity index (χ3n) is 2.51. The number of likely N-dealkylation sites (tertiary alicyclic amines) is 1. The van der Waals surface area contributed by atoms with Gasteiger partial charge in [-0.15, -0.1) is 0 Å². The fraction of sp³-hybridized carbons (Fsp3) is 0.889. The van der Waals surface area contributed by atoms with Gasteiger partial charge in [-0.05, 0) is 7.05 Å². The zero-order valence-electron chi connectivity index (χ0n) is 8.86. The van der Waals surface area contributed by atoms with Gasteiger partial charge < -0.3 is 20.2 Å². The Morgan fingerprint density at radius 2 is 2.29 bits per heavy atom. The predicted molar refractivity (Wildman–Crippen MR) is 54.1 cm³/mol. The molecule has 0 aliphatic carbocycles. The summed E-state index contributed by atoms with van der Waals surface area (Å²) >= 11 is 0. The molecule has 0 unspecified atom stereocenters. The second-order valence-electron chi connectivity index (χ2n) is 3.81. The predicted octanol–water partition coefficient (Wildman–Crippen LogP) is -0.818. The van der Waals surface area contributed by atoms with Crippen molar-refractivity contribution >= 4 is 6.03 Å². The largest absolute Gasteiger partial charge is 0.395 e. The van der Waals surface area contributed by atoms with Gasteiger partial charge in [0.2, 0.25) is 0 Å². The Morgan fingerprint density at radius 1 is 1.64 bits per heavy atom. The molecule has 1 heterocycles. The fourth-order valence-corrected chi connectivity index (χ4v) is 1.71. The Balaban J connectivity index is 2.12. The van der Waals surface area contributed by atoms with Gasteiger partial charge in [0, 0.05) is 39.1 Å². The molecular weight excluding hydrogens is 182 g/mol. The summed E-state index contributed by atoms with van der Waals surface area (Å²) in [6.45, 7) is 3.51. The number of urea groups is 1. The van der Waals surface area contributed by atoms with Crippen molar-refractivity contribution in [1.29, 1.82) is 0 Å². The normalized spacial score (nSPS) is 17.0. The van der Waals surface area contributed by atoms with Crippen LogP contribution in [0.15, 0.2) is 0 Å². The van der Waals surface area contributed by atoms with Crippen LogP contribution in [0.5, 0.6) is 0 Å². The molecule has 0 aromatic rings. The molecule has 1 rings (SSSR count). The lowest BCUT2D eigenvalue weighted by atomic mass is 10.0. The van der Waals surface area contributed by atoms with E-state index in [9.17, 15) is 4.79 Å². The second-order valence-corrected chi connectivity index (χ2v) is 3.81. The average molecular weight is 201 g/mol. The zero-order valence-corrected chi connectivity index (χ0v) is 8.86. The topological polar surface area (TPSA) is 55.8 Å². The quantitative estimate of drug-likeness (QED) is 0.625. The molecule has 0 aromatic heterocycles. The van der Waals surface area contributed by atoms with Crippen molar-refractivity contribution in [2.75, 3.05) is 46.9 Å². The van der Waals surface area contributed by atoms with Crippen LogP contribution in [0.25, 0.3) is 0 Å². The molecular formula is C9H19N3O2. The molecule has 0 atom stereocenters. The summed E-state index contributed by atoms with van der Waals surface area (Å²) in [4.78, 5) is 15.0. The highest BCUT2D eigenvalue weighted by Crippen LogP contribution is 2.15. The van der Waals surface area contributed by atoms with Gasteiger partial charge >= 0.3 is 6.03 Å². The number of carbonyl (C=O) groups excluding carboxylic acids is 1. The summed E-state index contributed by atoms with van der Waals surface area (Å²) in [6, 6.07) is 0.00561. The van der Waals surface area contributed by atoms with E-state index in [0.29, 0.717) is 12.5 Å². The third-order valence-corrected chi connectivity index (χ3v) is 2.51. The first-order valence-electron chi connectivity index (χ1n) is 4.93. The molecule has 0 spiro atoms. The maximum Gasteiger partial charge on any atom is 0.317 e. The van der Waals surface area contributed by atoms with Gasteiger partial charge in [-0.3, -0.25) is 0 Å². The van der Waals surface area contributed by atoms with Crippen molar-refractivity contribution in [3.05, 3.63) is 0 Å². The molecule has 5 heteroatoms. The van der Waals surface area contributed by atoms with Gasteiger partial charge in [0.1, 0.15) is 0 Å². The van der Waals surface area contributed by atoms with Crippen molar-refractivity contribution in [3.8, 4) is 0 Å². The summed E-state index contributed by atoms with van der Waals surface area (Å²) in [5, 5.41) is 11.3. The molecule has 0 aromatic carbocycles. The first-order chi connectivity index (χ1) is 6.67. The summed E-state index contributed by atoms with van der Waals surface area (Å²) < 4.78 is 0. The smallest absolute Gasteiger partial charge is 0.317 e. The Labute approximate surface area is 84.7 Å². The van der Waals surface area contributed by atoms with E-state index in [4.69, 9.17) is 5.11 Å². The maximum absolute atomic E-state index is 11.1. The van der Waals surface area contributed by atoms with Crippen LogP contribution < -0.4 is 5.32 Å². The molecule has 0 radical (unpaired) electrons. The Hall–Kier alpha value is -0.810. The molecule has 2 N–H and O–H groups in total. The lowest BCUT2D eigenvalue weighted by Crippen LogP contribution is -2.55. The first kappa shape index (κ1) is 11.3. The Morgan fingerprint density at radius 3 is 2.79 bits per heavy atom. The van der Waals surface area contributed by atoms with E-state index in [1.165, 1.54) is 0 Å². The minimum Gasteiger partial charge on any atom is -0.395 e. The SMILES string of the molecule is CNC(=O)N1CC(CN(C)CCO)C1. The average Bonchev–Trinajstić information content (AvgIpc) is 2.10. The van der Waals surface area contributed by atoms with Crippen LogP contribution in [0, 0.1) is 5.92 Å². The third kappa shape index (κ3) is 2.85. The molecule has 14 heavy (non-hydrogen) atoms. The Bertz CT molecular complexity index is 192. The lowest BCUT2D eigenvalue weighted by molar-refractivity contribution is 0.0924. The van der Waals surface area contributed by atoms with Crippen LogP contribution in [0.4, 0.5) is 4.79 Å². The van der Waals surface area contributed by atoms with Gasteiger partial charge in [-0.1, -0.05) is 0 Å². The second kappa shape index (κ2) is 5.17. The van der Waals surface area contributed by atoms with Crippen molar-refractivity contribution in [3.63, 3.8) is 0 Å². The molecule has 82 valence electrons. The zero-order chi connectivity index (χ0) is 10.6. The molecule has 2 amide bonds. The Kier molecular flexibility index (Phi) is 4.16. The monoisotopic (exact) mass is 201 g/mol. The summed E-state index contributed by atoms with van der Waals surface area (Å²) in [5.74, 6) is 0.559. The summed E-state index contributed by atoms with van der Waals surface area (Å²) in [7, 11) is 3.63. The van der Waals surface area contributed by atoms with E-state index < -0.39 is 0 Å². The molecule has 0 bridgehead atoms. The van der Waals surface area contributed by atoms with Crippen LogP contribution in [0.3, 0.4) is 0 Å². The fourth-order valence-electron chi connectivity index (χ4n) is 1.71. The number of hydrogen-bond acceptors (Lipinski definition) is 3. The van der Waals surface area contributed by atoms with E-state index in [2.05, 4.69) is 10.2 Å². The number of aliphatic hydroxyl groups excluding tert-OH is 1. The number of nitrogens with one attached hydrogen (secondary N) is 1. The molecule has 1 aliphatic heterocycles. The number of rotatable bonds is 4. The number of hydrogen-bond donors (Lipinski definition) is 2. The van der Waals surface area contributed by atoms with Gasteiger partial charge in [0.15, 0.2) is 0 Å². The van der Waals surface area contributed by atoms with E-state index in [1.54, 1.807) is 11.9 Å². The molecule has 0 saturated carbocycles. The first-order valence-corrected chi connectivity index (χ1v) is 4.93. The minimum atomic E-state index is 0.00561. The van der Waals surface area contributed by atoms with Crippen molar-refractivity contribution in [2.24, 2.45) is 5.92 Å². The van der Waals surface area contributed by atoms with Gasteiger partial charge in [-0.2, -0.15) is 0 Å². The molecule has 1 saturated heterocycles. The number of aliphatic hydroxyl groups is 1. The summed E-state index contributed by atoms with van der Waals surface area (Å²) in [6.07, 6.45) is 0. The van der Waals surface area contributed by atoms with E-state index in [-0.39, 0.29) is 12.6 Å². The number of nitrogens with zero attached hydrogens (tertiary/aromatic N) is 2. The van der Waals surface area contributed by atoms with Gasteiger partial charge in [-0.25, -0.2) is 4.79 Å². The van der Waals surface area contributed by atoms with Crippen LogP contribution in [-0.4, -0.2) is 67.8 Å². The van der Waals surface area contributed by atoms with Crippen LogP contribution in [-0.2, 0) is 0 Å². The van der Waals surface area contributed by atoms with Crippen molar-refractivity contribution in [1.82, 2.24) is 15.1 Å². The minimum absolute atomic E-state index is 0.00561. The van der Waals surface area contributed by atoms with Crippen LogP contribution in [0.1, 0.15) is 0 Å². The van der Waals surface area contributed by atoms with Crippen LogP contribution in [0.2, 0.25) is 0 Å².